The predicted molar refractivity (Wildman–Crippen MR) is 74.0 cm³/mol. The summed E-state index contributed by atoms with van der Waals surface area (Å²) in [5, 5.41) is 9.56. The van der Waals surface area contributed by atoms with Crippen molar-refractivity contribution < 1.29 is 4.39 Å². The highest BCUT2D eigenvalue weighted by molar-refractivity contribution is 6.46. The van der Waals surface area contributed by atoms with Crippen LogP contribution in [0.25, 0.3) is 11.3 Å². The van der Waals surface area contributed by atoms with E-state index in [9.17, 15) is 4.39 Å². The monoisotopic (exact) mass is 314 g/mol. The van der Waals surface area contributed by atoms with E-state index < -0.39 is 5.82 Å². The average molecular weight is 316 g/mol. The quantitative estimate of drug-likeness (QED) is 0.738. The summed E-state index contributed by atoms with van der Waals surface area (Å²) in [6.45, 7) is 0. The summed E-state index contributed by atoms with van der Waals surface area (Å²) in [5.74, 6) is -0.542. The molecule has 0 N–H and O–H groups in total. The number of hydrogen-bond donors (Lipinski definition) is 0. The second-order valence-electron chi connectivity index (χ2n) is 3.68. The van der Waals surface area contributed by atoms with Gasteiger partial charge in [0.2, 0.25) is 0 Å². The molecular formula is C13H6Cl3FN2. The van der Waals surface area contributed by atoms with E-state index >= 15 is 0 Å². The number of rotatable bonds is 2. The SMILES string of the molecule is N#CCc1nc(-c2c(Cl)ccc(Cl)c2Cl)ccc1F. The van der Waals surface area contributed by atoms with Crippen molar-refractivity contribution in [1.29, 1.82) is 5.26 Å². The van der Waals surface area contributed by atoms with Gasteiger partial charge in [-0.3, -0.25) is 0 Å². The summed E-state index contributed by atoms with van der Waals surface area (Å²) < 4.78 is 13.4. The molecule has 0 radical (unpaired) electrons. The Kier molecular flexibility index (Phi) is 4.26. The van der Waals surface area contributed by atoms with Crippen molar-refractivity contribution in [3.05, 3.63) is 50.8 Å². The van der Waals surface area contributed by atoms with Crippen LogP contribution < -0.4 is 0 Å². The Labute approximate surface area is 124 Å². The van der Waals surface area contributed by atoms with Crippen LogP contribution in [0.2, 0.25) is 15.1 Å². The maximum atomic E-state index is 13.4. The molecule has 2 nitrogen and oxygen atoms in total. The van der Waals surface area contributed by atoms with Gasteiger partial charge in [-0.2, -0.15) is 5.26 Å². The van der Waals surface area contributed by atoms with E-state index in [0.717, 1.165) is 0 Å². The second kappa shape index (κ2) is 5.75. The van der Waals surface area contributed by atoms with Crippen molar-refractivity contribution in [2.24, 2.45) is 0 Å². The van der Waals surface area contributed by atoms with Gasteiger partial charge in [-0.05, 0) is 24.3 Å². The highest BCUT2D eigenvalue weighted by Gasteiger charge is 2.15. The maximum absolute atomic E-state index is 13.4. The van der Waals surface area contributed by atoms with Gasteiger partial charge in [0.25, 0.3) is 0 Å². The smallest absolute Gasteiger partial charge is 0.145 e. The van der Waals surface area contributed by atoms with Gasteiger partial charge < -0.3 is 0 Å². The van der Waals surface area contributed by atoms with Gasteiger partial charge in [0, 0.05) is 5.56 Å². The number of hydrogen-bond acceptors (Lipinski definition) is 2. The zero-order valence-electron chi connectivity index (χ0n) is 9.42. The maximum Gasteiger partial charge on any atom is 0.145 e. The van der Waals surface area contributed by atoms with Gasteiger partial charge in [0.15, 0.2) is 0 Å². The first-order chi connectivity index (χ1) is 9.04. The molecule has 0 unspecified atom stereocenters. The lowest BCUT2D eigenvalue weighted by atomic mass is 10.1. The van der Waals surface area contributed by atoms with Gasteiger partial charge in [0.05, 0.1) is 38.9 Å². The van der Waals surface area contributed by atoms with Crippen LogP contribution in [-0.2, 0) is 6.42 Å². The average Bonchev–Trinajstić information content (AvgIpc) is 2.38. The third-order valence-corrected chi connectivity index (χ3v) is 3.58. The third kappa shape index (κ3) is 2.82. The van der Waals surface area contributed by atoms with E-state index in [-0.39, 0.29) is 17.1 Å². The molecule has 0 atom stereocenters. The molecule has 2 rings (SSSR count). The Balaban J connectivity index is 2.63. The van der Waals surface area contributed by atoms with Crippen LogP contribution in [0, 0.1) is 17.1 Å². The molecule has 0 bridgehead atoms. The first kappa shape index (κ1) is 14.1. The number of nitriles is 1. The summed E-state index contributed by atoms with van der Waals surface area (Å²) in [5.41, 5.74) is 0.853. The molecule has 96 valence electrons. The van der Waals surface area contributed by atoms with Crippen LogP contribution in [0.4, 0.5) is 4.39 Å². The molecule has 0 fully saturated rings. The molecule has 0 aliphatic carbocycles. The summed E-state index contributed by atoms with van der Waals surface area (Å²) in [7, 11) is 0. The molecule has 19 heavy (non-hydrogen) atoms. The fraction of sp³-hybridized carbons (Fsp3) is 0.0769. The van der Waals surface area contributed by atoms with Gasteiger partial charge in [-0.25, -0.2) is 9.37 Å². The van der Waals surface area contributed by atoms with Crippen LogP contribution in [0.15, 0.2) is 24.3 Å². The van der Waals surface area contributed by atoms with Crippen molar-refractivity contribution in [3.63, 3.8) is 0 Å². The third-order valence-electron chi connectivity index (χ3n) is 2.47. The number of halogens is 4. The highest BCUT2D eigenvalue weighted by Crippen LogP contribution is 2.38. The summed E-state index contributed by atoms with van der Waals surface area (Å²) >= 11 is 18.1. The molecule has 6 heteroatoms. The van der Waals surface area contributed by atoms with E-state index in [0.29, 0.717) is 21.3 Å². The van der Waals surface area contributed by atoms with Gasteiger partial charge >= 0.3 is 0 Å². The first-order valence-electron chi connectivity index (χ1n) is 5.21. The number of pyridine rings is 1. The van der Waals surface area contributed by atoms with Gasteiger partial charge in [-0.15, -0.1) is 0 Å². The molecule has 1 heterocycles. The number of benzene rings is 1. The molecule has 0 aliphatic heterocycles. The van der Waals surface area contributed by atoms with E-state index in [1.165, 1.54) is 12.1 Å². The number of nitrogens with zero attached hydrogens (tertiary/aromatic N) is 2. The molecule has 0 saturated heterocycles. The molecular weight excluding hydrogens is 310 g/mol. The van der Waals surface area contributed by atoms with E-state index in [2.05, 4.69) is 4.98 Å². The van der Waals surface area contributed by atoms with Crippen LogP contribution >= 0.6 is 34.8 Å². The molecule has 1 aromatic heterocycles. The van der Waals surface area contributed by atoms with Crippen LogP contribution in [0.3, 0.4) is 0 Å². The Hall–Kier alpha value is -1.34. The lowest BCUT2D eigenvalue weighted by molar-refractivity contribution is 0.606. The van der Waals surface area contributed by atoms with Crippen molar-refractivity contribution in [2.45, 2.75) is 6.42 Å². The fourth-order valence-corrected chi connectivity index (χ4v) is 2.31. The highest BCUT2D eigenvalue weighted by atomic mass is 35.5. The van der Waals surface area contributed by atoms with E-state index in [1.54, 1.807) is 12.1 Å². The number of aromatic nitrogens is 1. The summed E-state index contributed by atoms with van der Waals surface area (Å²) in [4.78, 5) is 4.07. The van der Waals surface area contributed by atoms with Crippen molar-refractivity contribution >= 4 is 34.8 Å². The normalized spacial score (nSPS) is 10.3. The van der Waals surface area contributed by atoms with Crippen molar-refractivity contribution in [1.82, 2.24) is 4.98 Å². The molecule has 0 spiro atoms. The Morgan fingerprint density at radius 1 is 1.11 bits per heavy atom. The van der Waals surface area contributed by atoms with E-state index in [1.807, 2.05) is 6.07 Å². The fourth-order valence-electron chi connectivity index (χ4n) is 1.58. The largest absolute Gasteiger partial charge is 0.249 e. The topological polar surface area (TPSA) is 36.7 Å². The second-order valence-corrected chi connectivity index (χ2v) is 4.87. The standard InChI is InChI=1S/C13H6Cl3FN2/c14-7-1-2-8(15)13(16)12(7)11-4-3-9(17)10(19-11)5-6-18/h1-4H,5H2. The minimum atomic E-state index is -0.542. The molecule has 0 saturated carbocycles. The van der Waals surface area contributed by atoms with E-state index in [4.69, 9.17) is 40.1 Å². The van der Waals surface area contributed by atoms with Crippen molar-refractivity contribution in [3.8, 4) is 17.3 Å². The zero-order valence-corrected chi connectivity index (χ0v) is 11.7. The summed E-state index contributed by atoms with van der Waals surface area (Å²) in [6.07, 6.45) is -0.129. The Bertz CT molecular complexity index is 680. The first-order valence-corrected chi connectivity index (χ1v) is 6.34. The minimum absolute atomic E-state index is 0.0482. The van der Waals surface area contributed by atoms with Crippen LogP contribution in [0.5, 0.6) is 0 Å². The lowest BCUT2D eigenvalue weighted by Gasteiger charge is -2.09. The van der Waals surface area contributed by atoms with Gasteiger partial charge in [0.1, 0.15) is 5.82 Å². The molecule has 0 aliphatic rings. The predicted octanol–water partition coefficient (Wildman–Crippen LogP) is 4.91. The lowest BCUT2D eigenvalue weighted by Crippen LogP contribution is -1.97. The molecule has 1 aromatic carbocycles. The van der Waals surface area contributed by atoms with Crippen LogP contribution in [-0.4, -0.2) is 4.98 Å². The molecule has 2 aromatic rings. The Morgan fingerprint density at radius 3 is 2.47 bits per heavy atom. The zero-order chi connectivity index (χ0) is 14.0. The summed E-state index contributed by atoms with van der Waals surface area (Å²) in [6, 6.07) is 7.67. The Morgan fingerprint density at radius 2 is 1.79 bits per heavy atom. The van der Waals surface area contributed by atoms with Crippen molar-refractivity contribution in [2.75, 3.05) is 0 Å². The molecule has 0 amide bonds. The van der Waals surface area contributed by atoms with Gasteiger partial charge in [-0.1, -0.05) is 34.8 Å². The van der Waals surface area contributed by atoms with Crippen LogP contribution in [0.1, 0.15) is 5.69 Å². The minimum Gasteiger partial charge on any atom is -0.249 e.